The van der Waals surface area contributed by atoms with E-state index in [1.165, 1.54) is 16.7 Å². The van der Waals surface area contributed by atoms with Gasteiger partial charge in [0.05, 0.1) is 7.11 Å². The van der Waals surface area contributed by atoms with Crippen LogP contribution in [0, 0.1) is 6.92 Å². The van der Waals surface area contributed by atoms with E-state index in [2.05, 4.69) is 68.6 Å². The number of benzene rings is 2. The lowest BCUT2D eigenvalue weighted by molar-refractivity contribution is 0.407. The molecule has 0 atom stereocenters. The molecule has 0 bridgehead atoms. The summed E-state index contributed by atoms with van der Waals surface area (Å²) in [5.74, 6) is 1.43. The SMILES string of the molecule is COc1ccc(CNc2cccc(C)c2)cc1C(C)C. The van der Waals surface area contributed by atoms with Gasteiger partial charge in [-0.1, -0.05) is 38.1 Å². The molecule has 0 spiro atoms. The van der Waals surface area contributed by atoms with Gasteiger partial charge in [0.25, 0.3) is 0 Å². The van der Waals surface area contributed by atoms with Gasteiger partial charge in [-0.05, 0) is 47.7 Å². The minimum atomic E-state index is 0.462. The minimum Gasteiger partial charge on any atom is -0.496 e. The Balaban J connectivity index is 2.12. The largest absolute Gasteiger partial charge is 0.496 e. The van der Waals surface area contributed by atoms with Gasteiger partial charge in [-0.25, -0.2) is 0 Å². The second kappa shape index (κ2) is 6.47. The normalized spacial score (nSPS) is 10.7. The van der Waals surface area contributed by atoms with Crippen molar-refractivity contribution in [2.24, 2.45) is 0 Å². The maximum absolute atomic E-state index is 5.42. The first-order valence-electron chi connectivity index (χ1n) is 7.07. The van der Waals surface area contributed by atoms with Crippen molar-refractivity contribution in [3.8, 4) is 5.75 Å². The Bertz CT molecular complexity index is 575. The van der Waals surface area contributed by atoms with Gasteiger partial charge in [0.1, 0.15) is 5.75 Å². The van der Waals surface area contributed by atoms with Crippen LogP contribution in [-0.4, -0.2) is 7.11 Å². The van der Waals surface area contributed by atoms with Crippen LogP contribution < -0.4 is 10.1 Å². The highest BCUT2D eigenvalue weighted by molar-refractivity contribution is 5.47. The molecular formula is C18H23NO. The van der Waals surface area contributed by atoms with Crippen LogP contribution in [0.1, 0.15) is 36.5 Å². The van der Waals surface area contributed by atoms with Crippen molar-refractivity contribution in [2.45, 2.75) is 33.2 Å². The molecule has 20 heavy (non-hydrogen) atoms. The molecule has 0 aliphatic rings. The summed E-state index contributed by atoms with van der Waals surface area (Å²) in [6.07, 6.45) is 0. The van der Waals surface area contributed by atoms with E-state index in [-0.39, 0.29) is 0 Å². The quantitative estimate of drug-likeness (QED) is 0.846. The average molecular weight is 269 g/mol. The number of methoxy groups -OCH3 is 1. The lowest BCUT2D eigenvalue weighted by atomic mass is 9.99. The molecule has 0 fully saturated rings. The Morgan fingerprint density at radius 1 is 1.10 bits per heavy atom. The second-order valence-corrected chi connectivity index (χ2v) is 5.45. The zero-order chi connectivity index (χ0) is 14.5. The average Bonchev–Trinajstić information content (AvgIpc) is 2.45. The van der Waals surface area contributed by atoms with Crippen molar-refractivity contribution >= 4 is 5.69 Å². The smallest absolute Gasteiger partial charge is 0.122 e. The number of nitrogens with one attached hydrogen (secondary N) is 1. The van der Waals surface area contributed by atoms with Crippen LogP contribution in [0.3, 0.4) is 0 Å². The zero-order valence-corrected chi connectivity index (χ0v) is 12.7. The first-order valence-corrected chi connectivity index (χ1v) is 7.07. The number of ether oxygens (including phenoxy) is 1. The summed E-state index contributed by atoms with van der Waals surface area (Å²) in [6, 6.07) is 14.8. The third-order valence-corrected chi connectivity index (χ3v) is 3.43. The van der Waals surface area contributed by atoms with Crippen LogP contribution in [-0.2, 0) is 6.54 Å². The highest BCUT2D eigenvalue weighted by atomic mass is 16.5. The van der Waals surface area contributed by atoms with Crippen LogP contribution in [0.4, 0.5) is 5.69 Å². The molecule has 0 saturated carbocycles. The van der Waals surface area contributed by atoms with Gasteiger partial charge >= 0.3 is 0 Å². The van der Waals surface area contributed by atoms with Crippen LogP contribution in [0.5, 0.6) is 5.75 Å². The predicted molar refractivity (Wildman–Crippen MR) is 85.6 cm³/mol. The number of anilines is 1. The Labute approximate surface area is 121 Å². The second-order valence-electron chi connectivity index (χ2n) is 5.45. The van der Waals surface area contributed by atoms with E-state index in [0.717, 1.165) is 18.0 Å². The summed E-state index contributed by atoms with van der Waals surface area (Å²) in [5.41, 5.74) is 4.96. The van der Waals surface area contributed by atoms with Crippen molar-refractivity contribution in [3.63, 3.8) is 0 Å². The maximum Gasteiger partial charge on any atom is 0.122 e. The molecule has 0 aliphatic carbocycles. The lowest BCUT2D eigenvalue weighted by Crippen LogP contribution is -2.02. The van der Waals surface area contributed by atoms with Crippen LogP contribution in [0.15, 0.2) is 42.5 Å². The summed E-state index contributed by atoms with van der Waals surface area (Å²) in [5, 5.41) is 3.46. The summed E-state index contributed by atoms with van der Waals surface area (Å²) in [7, 11) is 1.73. The van der Waals surface area contributed by atoms with E-state index in [0.29, 0.717) is 5.92 Å². The van der Waals surface area contributed by atoms with Gasteiger partial charge in [0.15, 0.2) is 0 Å². The third-order valence-electron chi connectivity index (χ3n) is 3.43. The van der Waals surface area contributed by atoms with Crippen molar-refractivity contribution < 1.29 is 4.74 Å². The summed E-state index contributed by atoms with van der Waals surface area (Å²) < 4.78 is 5.42. The van der Waals surface area contributed by atoms with Gasteiger partial charge in [-0.15, -0.1) is 0 Å². The summed E-state index contributed by atoms with van der Waals surface area (Å²) in [4.78, 5) is 0. The number of hydrogen-bond donors (Lipinski definition) is 1. The molecule has 2 aromatic rings. The molecule has 2 heteroatoms. The topological polar surface area (TPSA) is 21.3 Å². The third kappa shape index (κ3) is 3.53. The number of hydrogen-bond acceptors (Lipinski definition) is 2. The van der Waals surface area contributed by atoms with E-state index in [9.17, 15) is 0 Å². The highest BCUT2D eigenvalue weighted by Crippen LogP contribution is 2.27. The van der Waals surface area contributed by atoms with Crippen molar-refractivity contribution in [2.75, 3.05) is 12.4 Å². The van der Waals surface area contributed by atoms with Gasteiger partial charge in [0, 0.05) is 12.2 Å². The van der Waals surface area contributed by atoms with E-state index in [4.69, 9.17) is 4.74 Å². The molecule has 0 unspecified atom stereocenters. The first kappa shape index (κ1) is 14.4. The molecule has 2 rings (SSSR count). The van der Waals surface area contributed by atoms with Crippen LogP contribution in [0.2, 0.25) is 0 Å². The fraction of sp³-hybridized carbons (Fsp3) is 0.333. The molecule has 0 aromatic heterocycles. The summed E-state index contributed by atoms with van der Waals surface area (Å²) in [6.45, 7) is 7.31. The monoisotopic (exact) mass is 269 g/mol. The fourth-order valence-electron chi connectivity index (χ4n) is 2.30. The Hall–Kier alpha value is -1.96. The minimum absolute atomic E-state index is 0.462. The number of aryl methyl sites for hydroxylation is 1. The molecule has 0 saturated heterocycles. The molecule has 1 N–H and O–H groups in total. The van der Waals surface area contributed by atoms with Crippen LogP contribution >= 0.6 is 0 Å². The molecule has 0 amide bonds. The predicted octanol–water partition coefficient (Wildman–Crippen LogP) is 4.74. The molecule has 2 aromatic carbocycles. The molecule has 0 heterocycles. The standard InChI is InChI=1S/C18H23NO/c1-13(2)17-11-15(8-9-18(17)20-4)12-19-16-7-5-6-14(3)10-16/h5-11,13,19H,12H2,1-4H3. The van der Waals surface area contributed by atoms with Gasteiger partial charge in [-0.2, -0.15) is 0 Å². The molecule has 2 nitrogen and oxygen atoms in total. The van der Waals surface area contributed by atoms with E-state index in [1.54, 1.807) is 7.11 Å². The maximum atomic E-state index is 5.42. The molecule has 106 valence electrons. The molecule has 0 aliphatic heterocycles. The van der Waals surface area contributed by atoms with Gasteiger partial charge in [-0.3, -0.25) is 0 Å². The van der Waals surface area contributed by atoms with Gasteiger partial charge < -0.3 is 10.1 Å². The van der Waals surface area contributed by atoms with Crippen molar-refractivity contribution in [1.82, 2.24) is 0 Å². The van der Waals surface area contributed by atoms with E-state index in [1.807, 2.05) is 0 Å². The first-order chi connectivity index (χ1) is 9.60. The molecule has 0 radical (unpaired) electrons. The lowest BCUT2D eigenvalue weighted by Gasteiger charge is -2.14. The fourth-order valence-corrected chi connectivity index (χ4v) is 2.30. The Kier molecular flexibility index (Phi) is 4.67. The summed E-state index contributed by atoms with van der Waals surface area (Å²) >= 11 is 0. The zero-order valence-electron chi connectivity index (χ0n) is 12.7. The van der Waals surface area contributed by atoms with Crippen molar-refractivity contribution in [3.05, 3.63) is 59.2 Å². The van der Waals surface area contributed by atoms with E-state index < -0.39 is 0 Å². The Morgan fingerprint density at radius 3 is 2.55 bits per heavy atom. The number of rotatable bonds is 5. The molecular weight excluding hydrogens is 246 g/mol. The highest BCUT2D eigenvalue weighted by Gasteiger charge is 2.08. The Morgan fingerprint density at radius 2 is 1.90 bits per heavy atom. The van der Waals surface area contributed by atoms with Crippen molar-refractivity contribution in [1.29, 1.82) is 0 Å². The van der Waals surface area contributed by atoms with Gasteiger partial charge in [0.2, 0.25) is 0 Å². The van der Waals surface area contributed by atoms with E-state index >= 15 is 0 Å². The van der Waals surface area contributed by atoms with Crippen LogP contribution in [0.25, 0.3) is 0 Å².